The summed E-state index contributed by atoms with van der Waals surface area (Å²) >= 11 is 0. The van der Waals surface area contributed by atoms with Gasteiger partial charge in [0.1, 0.15) is 0 Å². The van der Waals surface area contributed by atoms with E-state index in [1.165, 1.54) is 5.69 Å². The van der Waals surface area contributed by atoms with Gasteiger partial charge in [-0.3, -0.25) is 9.48 Å². The third-order valence-corrected chi connectivity index (χ3v) is 2.66. The Morgan fingerprint density at radius 1 is 1.62 bits per heavy atom. The van der Waals surface area contributed by atoms with E-state index in [1.807, 2.05) is 31.8 Å². The van der Waals surface area contributed by atoms with Crippen molar-refractivity contribution in [2.75, 3.05) is 26.7 Å². The molecule has 0 radical (unpaired) electrons. The molecule has 0 atom stereocenters. The molecule has 0 fully saturated rings. The van der Waals surface area contributed by atoms with Crippen molar-refractivity contribution in [3.8, 4) is 0 Å². The lowest BCUT2D eigenvalue weighted by molar-refractivity contribution is -0.128. The van der Waals surface area contributed by atoms with Crippen molar-refractivity contribution in [1.29, 1.82) is 0 Å². The van der Waals surface area contributed by atoms with E-state index in [-0.39, 0.29) is 5.91 Å². The van der Waals surface area contributed by atoms with Gasteiger partial charge in [-0.1, -0.05) is 0 Å². The number of hydrogen-bond donors (Lipinski definition) is 1. The topological polar surface area (TPSA) is 50.2 Å². The van der Waals surface area contributed by atoms with Gasteiger partial charge in [-0.2, -0.15) is 5.10 Å². The Labute approximate surface area is 96.4 Å². The average molecular weight is 224 g/mol. The molecule has 0 aliphatic heterocycles. The Morgan fingerprint density at radius 2 is 2.38 bits per heavy atom. The van der Waals surface area contributed by atoms with E-state index in [0.717, 1.165) is 19.5 Å². The van der Waals surface area contributed by atoms with Crippen LogP contribution in [0.15, 0.2) is 12.3 Å². The van der Waals surface area contributed by atoms with Gasteiger partial charge in [-0.05, 0) is 13.0 Å². The van der Waals surface area contributed by atoms with E-state index in [1.54, 1.807) is 11.1 Å². The molecule has 0 aliphatic carbocycles. The van der Waals surface area contributed by atoms with Gasteiger partial charge in [0.25, 0.3) is 0 Å². The van der Waals surface area contributed by atoms with Crippen LogP contribution in [0, 0.1) is 0 Å². The number of hydrogen-bond acceptors (Lipinski definition) is 3. The first-order chi connectivity index (χ1) is 7.65. The molecule has 1 amide bonds. The lowest BCUT2D eigenvalue weighted by Gasteiger charge is -2.14. The number of amides is 1. The molecule has 16 heavy (non-hydrogen) atoms. The fourth-order valence-electron chi connectivity index (χ4n) is 1.37. The van der Waals surface area contributed by atoms with E-state index >= 15 is 0 Å². The van der Waals surface area contributed by atoms with Crippen molar-refractivity contribution in [2.45, 2.75) is 13.3 Å². The first-order valence-electron chi connectivity index (χ1n) is 5.56. The van der Waals surface area contributed by atoms with Crippen molar-refractivity contribution in [1.82, 2.24) is 20.0 Å². The molecule has 1 N–H and O–H groups in total. The fourth-order valence-corrected chi connectivity index (χ4v) is 1.37. The van der Waals surface area contributed by atoms with E-state index < -0.39 is 0 Å². The molecule has 1 aromatic rings. The average Bonchev–Trinajstić information content (AvgIpc) is 2.69. The van der Waals surface area contributed by atoms with Gasteiger partial charge >= 0.3 is 0 Å². The normalized spacial score (nSPS) is 10.4. The highest BCUT2D eigenvalue weighted by molar-refractivity contribution is 5.77. The molecule has 1 aromatic heterocycles. The third-order valence-electron chi connectivity index (χ3n) is 2.66. The minimum atomic E-state index is 0.132. The zero-order valence-corrected chi connectivity index (χ0v) is 10.2. The highest BCUT2D eigenvalue weighted by atomic mass is 16.2. The molecule has 0 aliphatic rings. The molecule has 0 aromatic carbocycles. The number of aryl methyl sites for hydroxylation is 1. The van der Waals surface area contributed by atoms with E-state index in [2.05, 4.69) is 10.4 Å². The van der Waals surface area contributed by atoms with E-state index in [0.29, 0.717) is 6.54 Å². The second-order valence-corrected chi connectivity index (χ2v) is 3.78. The number of nitrogens with one attached hydrogen (secondary N) is 1. The molecular weight excluding hydrogens is 204 g/mol. The van der Waals surface area contributed by atoms with Gasteiger partial charge in [0, 0.05) is 45.5 Å². The van der Waals surface area contributed by atoms with Crippen LogP contribution in [-0.2, 0) is 18.3 Å². The van der Waals surface area contributed by atoms with Crippen LogP contribution in [0.1, 0.15) is 12.6 Å². The van der Waals surface area contributed by atoms with Crippen molar-refractivity contribution < 1.29 is 4.79 Å². The number of likely N-dealkylation sites (N-methyl/N-ethyl adjacent to an activating group) is 1. The number of rotatable bonds is 6. The van der Waals surface area contributed by atoms with Gasteiger partial charge < -0.3 is 10.2 Å². The molecule has 0 saturated carbocycles. The predicted octanol–water partition coefficient (Wildman–Crippen LogP) is 0.0305. The molecule has 0 bridgehead atoms. The standard InChI is InChI=1S/C11H20N4O/c1-4-14(2)11(16)9-12-7-5-10-6-8-13-15(10)3/h6,8,12H,4-5,7,9H2,1-3H3. The lowest BCUT2D eigenvalue weighted by atomic mass is 10.3. The van der Waals surface area contributed by atoms with Crippen LogP contribution >= 0.6 is 0 Å². The van der Waals surface area contributed by atoms with Crippen LogP contribution in [0.3, 0.4) is 0 Å². The zero-order chi connectivity index (χ0) is 12.0. The molecule has 1 heterocycles. The molecule has 5 heteroatoms. The second kappa shape index (κ2) is 6.27. The van der Waals surface area contributed by atoms with E-state index in [9.17, 15) is 4.79 Å². The first kappa shape index (κ1) is 12.7. The van der Waals surface area contributed by atoms with Gasteiger partial charge in [0.2, 0.25) is 5.91 Å². The Balaban J connectivity index is 2.17. The molecule has 0 unspecified atom stereocenters. The summed E-state index contributed by atoms with van der Waals surface area (Å²) in [4.78, 5) is 13.2. The largest absolute Gasteiger partial charge is 0.345 e. The monoisotopic (exact) mass is 224 g/mol. The van der Waals surface area contributed by atoms with Crippen LogP contribution in [0.2, 0.25) is 0 Å². The lowest BCUT2D eigenvalue weighted by Crippen LogP contribution is -2.36. The predicted molar refractivity (Wildman–Crippen MR) is 63.1 cm³/mol. The summed E-state index contributed by atoms with van der Waals surface area (Å²) in [7, 11) is 3.73. The van der Waals surface area contributed by atoms with Crippen molar-refractivity contribution in [2.24, 2.45) is 7.05 Å². The van der Waals surface area contributed by atoms with Gasteiger partial charge in [-0.15, -0.1) is 0 Å². The maximum atomic E-state index is 11.4. The molecule has 0 spiro atoms. The first-order valence-corrected chi connectivity index (χ1v) is 5.56. The zero-order valence-electron chi connectivity index (χ0n) is 10.2. The van der Waals surface area contributed by atoms with Crippen LogP contribution in [0.25, 0.3) is 0 Å². The molecule has 0 saturated heterocycles. The highest BCUT2D eigenvalue weighted by Gasteiger charge is 2.05. The van der Waals surface area contributed by atoms with Crippen molar-refractivity contribution in [3.63, 3.8) is 0 Å². The summed E-state index contributed by atoms with van der Waals surface area (Å²) in [6.07, 6.45) is 2.67. The minimum Gasteiger partial charge on any atom is -0.345 e. The number of carbonyl (C=O) groups excluding carboxylic acids is 1. The maximum absolute atomic E-state index is 11.4. The molecule has 90 valence electrons. The Kier molecular flexibility index (Phi) is 4.98. The van der Waals surface area contributed by atoms with Crippen LogP contribution in [-0.4, -0.2) is 47.3 Å². The third kappa shape index (κ3) is 3.66. The number of nitrogens with zero attached hydrogens (tertiary/aromatic N) is 3. The maximum Gasteiger partial charge on any atom is 0.236 e. The summed E-state index contributed by atoms with van der Waals surface area (Å²) in [5.74, 6) is 0.132. The number of carbonyl (C=O) groups is 1. The van der Waals surface area contributed by atoms with Gasteiger partial charge in [0.15, 0.2) is 0 Å². The van der Waals surface area contributed by atoms with Crippen LogP contribution in [0.4, 0.5) is 0 Å². The van der Waals surface area contributed by atoms with Gasteiger partial charge in [-0.25, -0.2) is 0 Å². The fraction of sp³-hybridized carbons (Fsp3) is 0.636. The van der Waals surface area contributed by atoms with Crippen molar-refractivity contribution in [3.05, 3.63) is 18.0 Å². The summed E-state index contributed by atoms with van der Waals surface area (Å²) in [5.41, 5.74) is 1.17. The van der Waals surface area contributed by atoms with Crippen LogP contribution < -0.4 is 5.32 Å². The Bertz CT molecular complexity index is 334. The van der Waals surface area contributed by atoms with Crippen molar-refractivity contribution >= 4 is 5.91 Å². The minimum absolute atomic E-state index is 0.132. The Hall–Kier alpha value is -1.36. The Morgan fingerprint density at radius 3 is 2.94 bits per heavy atom. The molecule has 5 nitrogen and oxygen atoms in total. The molecule has 1 rings (SSSR count). The summed E-state index contributed by atoms with van der Waals surface area (Å²) in [5, 5.41) is 7.22. The summed E-state index contributed by atoms with van der Waals surface area (Å²) < 4.78 is 1.85. The number of aromatic nitrogens is 2. The summed E-state index contributed by atoms with van der Waals surface area (Å²) in [6, 6.07) is 1.99. The summed E-state index contributed by atoms with van der Waals surface area (Å²) in [6.45, 7) is 3.92. The smallest absolute Gasteiger partial charge is 0.236 e. The van der Waals surface area contributed by atoms with Crippen LogP contribution in [0.5, 0.6) is 0 Å². The molecular formula is C11H20N4O. The van der Waals surface area contributed by atoms with E-state index in [4.69, 9.17) is 0 Å². The quantitative estimate of drug-likeness (QED) is 0.694. The highest BCUT2D eigenvalue weighted by Crippen LogP contribution is 1.95. The second-order valence-electron chi connectivity index (χ2n) is 3.78. The SMILES string of the molecule is CCN(C)C(=O)CNCCc1ccnn1C. The van der Waals surface area contributed by atoms with Gasteiger partial charge in [0.05, 0.1) is 6.54 Å².